The van der Waals surface area contributed by atoms with Crippen LogP contribution in [-0.2, 0) is 0 Å². The Kier molecular flexibility index (Phi) is 4.24. The average Bonchev–Trinajstić information content (AvgIpc) is 2.41. The summed E-state index contributed by atoms with van der Waals surface area (Å²) < 4.78 is 0. The highest BCUT2D eigenvalue weighted by Crippen LogP contribution is 2.21. The van der Waals surface area contributed by atoms with Gasteiger partial charge in [-0.3, -0.25) is 0 Å². The van der Waals surface area contributed by atoms with E-state index in [4.69, 9.17) is 11.5 Å². The van der Waals surface area contributed by atoms with E-state index in [2.05, 4.69) is 46.2 Å². The normalized spacial score (nSPS) is 10.3. The molecule has 20 heavy (non-hydrogen) atoms. The van der Waals surface area contributed by atoms with Crippen LogP contribution in [-0.4, -0.2) is 23.1 Å². The first-order valence-electron chi connectivity index (χ1n) is 6.64. The first-order valence-corrected chi connectivity index (χ1v) is 6.64. The number of anilines is 5. The number of nitrogens with zero attached hydrogens (tertiary/aromatic N) is 3. The topological polar surface area (TPSA) is 93.1 Å². The summed E-state index contributed by atoms with van der Waals surface area (Å²) in [5, 5.41) is 3.16. The third-order valence-electron chi connectivity index (χ3n) is 3.03. The smallest absolute Gasteiger partial charge is 0.223 e. The number of nitrogens with two attached hydrogens (primary N) is 2. The SMILES string of the molecule is CCN(CC)c1ccc(Nc2cc(N)nc(N)n2)cc1. The van der Waals surface area contributed by atoms with Crippen molar-refractivity contribution in [1.29, 1.82) is 0 Å². The number of hydrogen-bond donors (Lipinski definition) is 3. The molecule has 0 aliphatic rings. The lowest BCUT2D eigenvalue weighted by Gasteiger charge is -2.21. The fourth-order valence-electron chi connectivity index (χ4n) is 2.04. The Bertz CT molecular complexity index is 542. The maximum absolute atomic E-state index is 5.64. The minimum atomic E-state index is 0.160. The van der Waals surface area contributed by atoms with E-state index in [1.54, 1.807) is 6.07 Å². The molecule has 1 aromatic carbocycles. The van der Waals surface area contributed by atoms with Crippen LogP contribution in [0.5, 0.6) is 0 Å². The highest BCUT2D eigenvalue weighted by molar-refractivity contribution is 5.62. The van der Waals surface area contributed by atoms with Crippen molar-refractivity contribution in [2.24, 2.45) is 0 Å². The van der Waals surface area contributed by atoms with E-state index < -0.39 is 0 Å². The summed E-state index contributed by atoms with van der Waals surface area (Å²) in [5.74, 6) is 1.10. The average molecular weight is 272 g/mol. The van der Waals surface area contributed by atoms with E-state index in [-0.39, 0.29) is 5.95 Å². The van der Waals surface area contributed by atoms with Crippen LogP contribution in [0.1, 0.15) is 13.8 Å². The monoisotopic (exact) mass is 272 g/mol. The van der Waals surface area contributed by atoms with E-state index >= 15 is 0 Å². The molecule has 0 aliphatic carbocycles. The molecule has 0 unspecified atom stereocenters. The minimum Gasteiger partial charge on any atom is -0.383 e. The van der Waals surface area contributed by atoms with E-state index in [0.29, 0.717) is 11.6 Å². The Hall–Kier alpha value is -2.50. The Balaban J connectivity index is 2.14. The number of hydrogen-bond acceptors (Lipinski definition) is 6. The van der Waals surface area contributed by atoms with Gasteiger partial charge in [-0.15, -0.1) is 0 Å². The van der Waals surface area contributed by atoms with Gasteiger partial charge in [-0.05, 0) is 38.1 Å². The van der Waals surface area contributed by atoms with Gasteiger partial charge in [0.2, 0.25) is 5.95 Å². The van der Waals surface area contributed by atoms with Crippen molar-refractivity contribution in [3.05, 3.63) is 30.3 Å². The van der Waals surface area contributed by atoms with Crippen LogP contribution in [0.25, 0.3) is 0 Å². The molecule has 6 nitrogen and oxygen atoms in total. The summed E-state index contributed by atoms with van der Waals surface area (Å²) >= 11 is 0. The van der Waals surface area contributed by atoms with Crippen molar-refractivity contribution >= 4 is 29.0 Å². The molecule has 0 fully saturated rings. The number of nitrogen functional groups attached to an aromatic ring is 2. The number of rotatable bonds is 5. The predicted octanol–water partition coefficient (Wildman–Crippen LogP) is 2.23. The molecule has 0 saturated carbocycles. The van der Waals surface area contributed by atoms with Crippen molar-refractivity contribution in [2.45, 2.75) is 13.8 Å². The lowest BCUT2D eigenvalue weighted by atomic mass is 10.2. The summed E-state index contributed by atoms with van der Waals surface area (Å²) in [4.78, 5) is 10.2. The van der Waals surface area contributed by atoms with Gasteiger partial charge in [-0.1, -0.05) is 0 Å². The highest BCUT2D eigenvalue weighted by Gasteiger charge is 2.03. The summed E-state index contributed by atoms with van der Waals surface area (Å²) in [6.07, 6.45) is 0. The van der Waals surface area contributed by atoms with E-state index in [9.17, 15) is 0 Å². The van der Waals surface area contributed by atoms with Crippen molar-refractivity contribution < 1.29 is 0 Å². The molecule has 0 radical (unpaired) electrons. The van der Waals surface area contributed by atoms with E-state index in [1.165, 1.54) is 5.69 Å². The lowest BCUT2D eigenvalue weighted by molar-refractivity contribution is 0.866. The molecule has 1 aromatic heterocycles. The standard InChI is InChI=1S/C14H20N6/c1-3-20(4-2)11-7-5-10(6-8-11)17-13-9-12(15)18-14(16)19-13/h5-9H,3-4H2,1-2H3,(H5,15,16,17,18,19). The Labute approximate surface area is 118 Å². The number of nitrogens with one attached hydrogen (secondary N) is 1. The molecule has 106 valence electrons. The molecule has 0 atom stereocenters. The van der Waals surface area contributed by atoms with Crippen molar-refractivity contribution in [1.82, 2.24) is 9.97 Å². The molecule has 2 aromatic rings. The zero-order valence-corrected chi connectivity index (χ0v) is 11.8. The van der Waals surface area contributed by atoms with Crippen LogP contribution in [0.2, 0.25) is 0 Å². The summed E-state index contributed by atoms with van der Waals surface area (Å²) in [6, 6.07) is 9.80. The number of aromatic nitrogens is 2. The molecule has 6 heteroatoms. The van der Waals surface area contributed by atoms with Crippen molar-refractivity contribution in [3.8, 4) is 0 Å². The fraction of sp³-hybridized carbons (Fsp3) is 0.286. The molecule has 0 spiro atoms. The third kappa shape index (κ3) is 3.28. The minimum absolute atomic E-state index is 0.160. The Morgan fingerprint density at radius 3 is 2.25 bits per heavy atom. The quantitative estimate of drug-likeness (QED) is 0.773. The second-order valence-corrected chi connectivity index (χ2v) is 4.38. The maximum Gasteiger partial charge on any atom is 0.223 e. The third-order valence-corrected chi connectivity index (χ3v) is 3.03. The van der Waals surface area contributed by atoms with Gasteiger partial charge >= 0.3 is 0 Å². The Morgan fingerprint density at radius 1 is 1.05 bits per heavy atom. The van der Waals surface area contributed by atoms with E-state index in [1.807, 2.05) is 12.1 Å². The van der Waals surface area contributed by atoms with Crippen LogP contribution in [0.3, 0.4) is 0 Å². The summed E-state index contributed by atoms with van der Waals surface area (Å²) in [6.45, 7) is 6.26. The molecule has 0 amide bonds. The van der Waals surface area contributed by atoms with Gasteiger partial charge in [0, 0.05) is 30.5 Å². The van der Waals surface area contributed by atoms with Gasteiger partial charge in [-0.25, -0.2) is 0 Å². The second-order valence-electron chi connectivity index (χ2n) is 4.38. The summed E-state index contributed by atoms with van der Waals surface area (Å²) in [7, 11) is 0. The molecule has 5 N–H and O–H groups in total. The zero-order valence-electron chi connectivity index (χ0n) is 11.8. The number of benzene rings is 1. The first kappa shape index (κ1) is 13.9. The summed E-state index contributed by atoms with van der Waals surface area (Å²) in [5.41, 5.74) is 13.3. The molecule has 0 aliphatic heterocycles. The van der Waals surface area contributed by atoms with Gasteiger partial charge < -0.3 is 21.7 Å². The van der Waals surface area contributed by atoms with Gasteiger partial charge in [0.1, 0.15) is 11.6 Å². The first-order chi connectivity index (χ1) is 9.62. The van der Waals surface area contributed by atoms with Crippen LogP contribution in [0, 0.1) is 0 Å². The second kappa shape index (κ2) is 6.10. The van der Waals surface area contributed by atoms with Gasteiger partial charge in [0.25, 0.3) is 0 Å². The molecular weight excluding hydrogens is 252 g/mol. The van der Waals surface area contributed by atoms with Crippen LogP contribution < -0.4 is 21.7 Å². The van der Waals surface area contributed by atoms with E-state index in [0.717, 1.165) is 18.8 Å². The molecule has 0 bridgehead atoms. The molecule has 2 rings (SSSR count). The van der Waals surface area contributed by atoms with Crippen LogP contribution in [0.15, 0.2) is 30.3 Å². The zero-order chi connectivity index (χ0) is 14.5. The van der Waals surface area contributed by atoms with Gasteiger partial charge in [-0.2, -0.15) is 9.97 Å². The van der Waals surface area contributed by atoms with Crippen molar-refractivity contribution in [2.75, 3.05) is 34.8 Å². The van der Waals surface area contributed by atoms with Gasteiger partial charge in [0.05, 0.1) is 0 Å². The van der Waals surface area contributed by atoms with Crippen LogP contribution in [0.4, 0.5) is 29.0 Å². The highest BCUT2D eigenvalue weighted by atomic mass is 15.1. The molecule has 1 heterocycles. The van der Waals surface area contributed by atoms with Gasteiger partial charge in [0.15, 0.2) is 0 Å². The Morgan fingerprint density at radius 2 is 1.70 bits per heavy atom. The van der Waals surface area contributed by atoms with Crippen molar-refractivity contribution in [3.63, 3.8) is 0 Å². The molecular formula is C14H20N6. The lowest BCUT2D eigenvalue weighted by Crippen LogP contribution is -2.21. The van der Waals surface area contributed by atoms with Crippen LogP contribution >= 0.6 is 0 Å². The predicted molar refractivity (Wildman–Crippen MR) is 84.1 cm³/mol. The molecule has 0 saturated heterocycles. The fourth-order valence-corrected chi connectivity index (χ4v) is 2.04. The largest absolute Gasteiger partial charge is 0.383 e. The maximum atomic E-state index is 5.64.